The standard InChI is InChI=1S/C13H11ClF4O3/c1-2-21-12(20)8(11(19)13(16,17)18)5-7-3-4-10(15)9(14)6-7/h3-4,6,8H,2,5H2,1H3/t8-/m0/s1. The molecule has 0 aliphatic rings. The molecule has 3 nitrogen and oxygen atoms in total. The van der Waals surface area contributed by atoms with Crippen LogP contribution in [0.2, 0.25) is 5.02 Å². The summed E-state index contributed by atoms with van der Waals surface area (Å²) in [5.74, 6) is -6.27. The minimum absolute atomic E-state index is 0.122. The number of Topliss-reactive ketones (excluding diaryl/α,β-unsaturated/α-hetero) is 1. The molecule has 0 N–H and O–H groups in total. The van der Waals surface area contributed by atoms with Crippen LogP contribution in [-0.4, -0.2) is 24.5 Å². The van der Waals surface area contributed by atoms with Crippen LogP contribution in [0.4, 0.5) is 17.6 Å². The van der Waals surface area contributed by atoms with Crippen molar-refractivity contribution in [2.24, 2.45) is 5.92 Å². The molecule has 0 radical (unpaired) electrons. The first-order valence-corrected chi connectivity index (χ1v) is 6.26. The lowest BCUT2D eigenvalue weighted by molar-refractivity contribution is -0.180. The van der Waals surface area contributed by atoms with Gasteiger partial charge in [0.2, 0.25) is 0 Å². The molecule has 0 unspecified atom stereocenters. The first-order valence-electron chi connectivity index (χ1n) is 5.88. The fourth-order valence-corrected chi connectivity index (χ4v) is 1.83. The number of esters is 1. The molecule has 0 aliphatic heterocycles. The van der Waals surface area contributed by atoms with Crippen LogP contribution < -0.4 is 0 Å². The summed E-state index contributed by atoms with van der Waals surface area (Å²) in [4.78, 5) is 22.8. The van der Waals surface area contributed by atoms with Gasteiger partial charge in [0.25, 0.3) is 5.78 Å². The van der Waals surface area contributed by atoms with E-state index in [0.717, 1.165) is 18.2 Å². The fourth-order valence-electron chi connectivity index (χ4n) is 1.63. The predicted molar refractivity (Wildman–Crippen MR) is 66.3 cm³/mol. The van der Waals surface area contributed by atoms with Gasteiger partial charge in [-0.1, -0.05) is 17.7 Å². The van der Waals surface area contributed by atoms with Crippen molar-refractivity contribution in [1.29, 1.82) is 0 Å². The van der Waals surface area contributed by atoms with Crippen LogP contribution >= 0.6 is 11.6 Å². The highest BCUT2D eigenvalue weighted by molar-refractivity contribution is 6.30. The lowest BCUT2D eigenvalue weighted by atomic mass is 9.95. The number of hydrogen-bond donors (Lipinski definition) is 0. The van der Waals surface area contributed by atoms with Gasteiger partial charge >= 0.3 is 12.1 Å². The van der Waals surface area contributed by atoms with E-state index in [4.69, 9.17) is 11.6 Å². The lowest BCUT2D eigenvalue weighted by Crippen LogP contribution is -2.37. The zero-order valence-electron chi connectivity index (χ0n) is 10.8. The van der Waals surface area contributed by atoms with Crippen LogP contribution in [0.5, 0.6) is 0 Å². The molecular formula is C13H11ClF4O3. The number of carbonyl (C=O) groups is 2. The number of ketones is 1. The predicted octanol–water partition coefficient (Wildman–Crippen LogP) is 3.33. The average molecular weight is 327 g/mol. The van der Waals surface area contributed by atoms with Crippen molar-refractivity contribution >= 4 is 23.4 Å². The number of halogens is 5. The summed E-state index contributed by atoms with van der Waals surface area (Å²) in [5.41, 5.74) is 0.122. The van der Waals surface area contributed by atoms with Crippen molar-refractivity contribution in [3.8, 4) is 0 Å². The van der Waals surface area contributed by atoms with Gasteiger partial charge in [-0.05, 0) is 31.0 Å². The number of benzene rings is 1. The minimum Gasteiger partial charge on any atom is -0.465 e. The smallest absolute Gasteiger partial charge is 0.450 e. The maximum atomic E-state index is 13.0. The summed E-state index contributed by atoms with van der Waals surface area (Å²) >= 11 is 5.51. The van der Waals surface area contributed by atoms with Crippen LogP contribution in [0.3, 0.4) is 0 Å². The third-order valence-electron chi connectivity index (χ3n) is 2.59. The second-order valence-corrected chi connectivity index (χ2v) is 4.53. The highest BCUT2D eigenvalue weighted by atomic mass is 35.5. The van der Waals surface area contributed by atoms with Gasteiger partial charge in [0.15, 0.2) is 0 Å². The number of rotatable bonds is 5. The maximum absolute atomic E-state index is 13.0. The van der Waals surface area contributed by atoms with E-state index in [9.17, 15) is 27.2 Å². The first-order chi connectivity index (χ1) is 9.66. The monoisotopic (exact) mass is 326 g/mol. The molecular weight excluding hydrogens is 316 g/mol. The van der Waals surface area contributed by atoms with Crippen molar-refractivity contribution in [3.63, 3.8) is 0 Å². The molecule has 8 heteroatoms. The highest BCUT2D eigenvalue weighted by Gasteiger charge is 2.46. The van der Waals surface area contributed by atoms with Crippen LogP contribution in [0.25, 0.3) is 0 Å². The largest absolute Gasteiger partial charge is 0.465 e. The molecule has 0 saturated heterocycles. The Morgan fingerprint density at radius 2 is 1.95 bits per heavy atom. The van der Waals surface area contributed by atoms with Crippen molar-refractivity contribution in [2.45, 2.75) is 19.5 Å². The van der Waals surface area contributed by atoms with Crippen LogP contribution in [0.15, 0.2) is 18.2 Å². The maximum Gasteiger partial charge on any atom is 0.450 e. The molecule has 116 valence electrons. The minimum atomic E-state index is -5.17. The van der Waals surface area contributed by atoms with Gasteiger partial charge < -0.3 is 4.74 Å². The second kappa shape index (κ2) is 6.89. The second-order valence-electron chi connectivity index (χ2n) is 4.12. The van der Waals surface area contributed by atoms with Gasteiger partial charge in [-0.15, -0.1) is 0 Å². The molecule has 1 aromatic carbocycles. The molecule has 0 spiro atoms. The molecule has 0 aromatic heterocycles. The Bertz CT molecular complexity index is 543. The van der Waals surface area contributed by atoms with Crippen molar-refractivity contribution in [3.05, 3.63) is 34.6 Å². The van der Waals surface area contributed by atoms with E-state index in [1.807, 2.05) is 0 Å². The summed E-state index contributed by atoms with van der Waals surface area (Å²) in [6, 6.07) is 3.15. The van der Waals surface area contributed by atoms with Crippen LogP contribution in [0.1, 0.15) is 12.5 Å². The van der Waals surface area contributed by atoms with Crippen LogP contribution in [0, 0.1) is 11.7 Å². The molecule has 1 rings (SSSR count). The van der Waals surface area contributed by atoms with Crippen molar-refractivity contribution in [2.75, 3.05) is 6.61 Å². The van der Waals surface area contributed by atoms with E-state index in [0.29, 0.717) is 0 Å². The van der Waals surface area contributed by atoms with Crippen molar-refractivity contribution < 1.29 is 31.9 Å². The Morgan fingerprint density at radius 3 is 2.43 bits per heavy atom. The quantitative estimate of drug-likeness (QED) is 0.473. The number of carbonyl (C=O) groups excluding carboxylic acids is 2. The molecule has 0 fully saturated rings. The Hall–Kier alpha value is -1.63. The summed E-state index contributed by atoms with van der Waals surface area (Å²) in [7, 11) is 0. The lowest BCUT2D eigenvalue weighted by Gasteiger charge is -2.16. The average Bonchev–Trinajstić information content (AvgIpc) is 2.38. The van der Waals surface area contributed by atoms with Gasteiger partial charge in [0, 0.05) is 0 Å². The van der Waals surface area contributed by atoms with E-state index in [1.54, 1.807) is 0 Å². The van der Waals surface area contributed by atoms with Gasteiger partial charge in [-0.2, -0.15) is 13.2 Å². The van der Waals surface area contributed by atoms with E-state index < -0.39 is 36.1 Å². The number of alkyl halides is 3. The molecule has 0 amide bonds. The Morgan fingerprint density at radius 1 is 1.33 bits per heavy atom. The summed E-state index contributed by atoms with van der Waals surface area (Å²) < 4.78 is 55.0. The van der Waals surface area contributed by atoms with Gasteiger partial charge in [0.05, 0.1) is 11.6 Å². The number of hydrogen-bond acceptors (Lipinski definition) is 3. The van der Waals surface area contributed by atoms with E-state index >= 15 is 0 Å². The Kier molecular flexibility index (Phi) is 5.71. The van der Waals surface area contributed by atoms with Crippen LogP contribution in [-0.2, 0) is 20.7 Å². The summed E-state index contributed by atoms with van der Waals surface area (Å²) in [5, 5.41) is -0.311. The van der Waals surface area contributed by atoms with E-state index in [1.165, 1.54) is 6.92 Å². The molecule has 21 heavy (non-hydrogen) atoms. The van der Waals surface area contributed by atoms with Gasteiger partial charge in [0.1, 0.15) is 11.7 Å². The molecule has 1 aromatic rings. The van der Waals surface area contributed by atoms with Gasteiger partial charge in [-0.25, -0.2) is 4.39 Å². The fraction of sp³-hybridized carbons (Fsp3) is 0.385. The van der Waals surface area contributed by atoms with Crippen molar-refractivity contribution in [1.82, 2.24) is 0 Å². The zero-order chi connectivity index (χ0) is 16.2. The zero-order valence-corrected chi connectivity index (χ0v) is 11.6. The Balaban J connectivity index is 3.04. The first kappa shape index (κ1) is 17.4. The molecule has 0 aliphatic carbocycles. The summed E-state index contributed by atoms with van der Waals surface area (Å²) in [6.07, 6.45) is -5.74. The van der Waals surface area contributed by atoms with E-state index in [2.05, 4.69) is 4.74 Å². The van der Waals surface area contributed by atoms with Gasteiger partial charge in [-0.3, -0.25) is 9.59 Å². The highest BCUT2D eigenvalue weighted by Crippen LogP contribution is 2.26. The number of ether oxygens (including phenoxy) is 1. The summed E-state index contributed by atoms with van der Waals surface area (Å²) in [6.45, 7) is 1.24. The molecule has 0 heterocycles. The SMILES string of the molecule is CCOC(=O)[C@@H](Cc1ccc(F)c(Cl)c1)C(=O)C(F)(F)F. The molecule has 0 bridgehead atoms. The third kappa shape index (κ3) is 4.70. The Labute approximate surface area is 122 Å². The molecule has 0 saturated carbocycles. The van der Waals surface area contributed by atoms with E-state index in [-0.39, 0.29) is 17.2 Å². The third-order valence-corrected chi connectivity index (χ3v) is 2.88. The normalized spacial score (nSPS) is 12.9. The molecule has 1 atom stereocenters. The topological polar surface area (TPSA) is 43.4 Å².